The number of nitrogens with one attached hydrogen (secondary N) is 1. The van der Waals surface area contributed by atoms with Crippen molar-refractivity contribution in [1.29, 1.82) is 0 Å². The van der Waals surface area contributed by atoms with Crippen molar-refractivity contribution in [2.75, 3.05) is 18.5 Å². The number of aromatic nitrogens is 3. The van der Waals surface area contributed by atoms with Crippen molar-refractivity contribution in [1.82, 2.24) is 15.0 Å². The Balaban J connectivity index is 2.23. The number of pyridine rings is 1. The van der Waals surface area contributed by atoms with E-state index in [0.717, 1.165) is 35.8 Å². The Labute approximate surface area is 113 Å². The van der Waals surface area contributed by atoms with Crippen LogP contribution in [0.2, 0.25) is 0 Å². The molecule has 2 aromatic heterocycles. The van der Waals surface area contributed by atoms with Crippen LogP contribution in [-0.2, 0) is 0 Å². The van der Waals surface area contributed by atoms with E-state index >= 15 is 0 Å². The van der Waals surface area contributed by atoms with Gasteiger partial charge in [-0.15, -0.1) is 0 Å². The number of nitrogens with zero attached hydrogens (tertiary/aromatic N) is 3. The minimum atomic E-state index is 0.692. The standard InChI is InChI=1S/C14H18N4O/c1-3-5-19-12-6-11(8-15-9-12)13-7-14(16-4-2)18-10-17-13/h6-10H,3-5H2,1-2H3,(H,16,17,18). The second kappa shape index (κ2) is 6.68. The fraction of sp³-hybridized carbons (Fsp3) is 0.357. The highest BCUT2D eigenvalue weighted by molar-refractivity contribution is 5.62. The Bertz CT molecular complexity index is 530. The summed E-state index contributed by atoms with van der Waals surface area (Å²) in [5.74, 6) is 1.58. The molecule has 5 heteroatoms. The molecule has 0 saturated heterocycles. The zero-order valence-electron chi connectivity index (χ0n) is 11.3. The van der Waals surface area contributed by atoms with Gasteiger partial charge in [0.2, 0.25) is 0 Å². The zero-order chi connectivity index (χ0) is 13.5. The average molecular weight is 258 g/mol. The molecule has 0 saturated carbocycles. The monoisotopic (exact) mass is 258 g/mol. The molecule has 2 aromatic rings. The van der Waals surface area contributed by atoms with Crippen molar-refractivity contribution < 1.29 is 4.74 Å². The first-order valence-corrected chi connectivity index (χ1v) is 6.47. The van der Waals surface area contributed by atoms with Gasteiger partial charge in [0.05, 0.1) is 18.5 Å². The third kappa shape index (κ3) is 3.64. The lowest BCUT2D eigenvalue weighted by Crippen LogP contribution is -2.00. The summed E-state index contributed by atoms with van der Waals surface area (Å²) in [6.07, 6.45) is 6.01. The predicted molar refractivity (Wildman–Crippen MR) is 75.2 cm³/mol. The Morgan fingerprint density at radius 1 is 1.16 bits per heavy atom. The SMILES string of the molecule is CCCOc1cncc(-c2cc(NCC)ncn2)c1. The van der Waals surface area contributed by atoms with Crippen LogP contribution in [0, 0.1) is 0 Å². The predicted octanol–water partition coefficient (Wildman–Crippen LogP) is 2.76. The van der Waals surface area contributed by atoms with Crippen LogP contribution in [0.5, 0.6) is 5.75 Å². The van der Waals surface area contributed by atoms with Gasteiger partial charge in [0.15, 0.2) is 0 Å². The molecule has 5 nitrogen and oxygen atoms in total. The highest BCUT2D eigenvalue weighted by Gasteiger charge is 2.04. The van der Waals surface area contributed by atoms with Crippen molar-refractivity contribution in [2.24, 2.45) is 0 Å². The number of ether oxygens (including phenoxy) is 1. The fourth-order valence-corrected chi connectivity index (χ4v) is 1.65. The summed E-state index contributed by atoms with van der Waals surface area (Å²) >= 11 is 0. The van der Waals surface area contributed by atoms with E-state index in [-0.39, 0.29) is 0 Å². The molecule has 0 fully saturated rings. The van der Waals surface area contributed by atoms with E-state index in [1.807, 2.05) is 19.1 Å². The first kappa shape index (κ1) is 13.3. The third-order valence-corrected chi connectivity index (χ3v) is 2.51. The molecule has 0 atom stereocenters. The van der Waals surface area contributed by atoms with Gasteiger partial charge in [-0.3, -0.25) is 4.98 Å². The van der Waals surface area contributed by atoms with Crippen LogP contribution in [0.4, 0.5) is 5.82 Å². The van der Waals surface area contributed by atoms with E-state index < -0.39 is 0 Å². The van der Waals surface area contributed by atoms with Gasteiger partial charge in [0.25, 0.3) is 0 Å². The van der Waals surface area contributed by atoms with Gasteiger partial charge in [-0.1, -0.05) is 6.92 Å². The molecule has 0 spiro atoms. The molecule has 100 valence electrons. The maximum Gasteiger partial charge on any atom is 0.138 e. The van der Waals surface area contributed by atoms with Crippen LogP contribution < -0.4 is 10.1 Å². The molecule has 2 heterocycles. The highest BCUT2D eigenvalue weighted by atomic mass is 16.5. The van der Waals surface area contributed by atoms with Crippen LogP contribution in [0.3, 0.4) is 0 Å². The normalized spacial score (nSPS) is 10.2. The Morgan fingerprint density at radius 2 is 2.05 bits per heavy atom. The van der Waals surface area contributed by atoms with E-state index in [1.165, 1.54) is 0 Å². The second-order valence-electron chi connectivity index (χ2n) is 4.08. The Morgan fingerprint density at radius 3 is 2.84 bits per heavy atom. The summed E-state index contributed by atoms with van der Waals surface area (Å²) in [4.78, 5) is 12.6. The summed E-state index contributed by atoms with van der Waals surface area (Å²) in [6, 6.07) is 3.85. The lowest BCUT2D eigenvalue weighted by Gasteiger charge is -2.07. The van der Waals surface area contributed by atoms with Crippen molar-refractivity contribution >= 4 is 5.82 Å². The zero-order valence-corrected chi connectivity index (χ0v) is 11.3. The van der Waals surface area contributed by atoms with E-state index in [4.69, 9.17) is 4.74 Å². The summed E-state index contributed by atoms with van der Waals surface area (Å²) in [5, 5.41) is 3.16. The lowest BCUT2D eigenvalue weighted by molar-refractivity contribution is 0.316. The molecule has 0 aliphatic rings. The third-order valence-electron chi connectivity index (χ3n) is 2.51. The van der Waals surface area contributed by atoms with Crippen molar-refractivity contribution in [3.05, 3.63) is 30.9 Å². The number of anilines is 1. The summed E-state index contributed by atoms with van der Waals surface area (Å²) < 4.78 is 5.57. The highest BCUT2D eigenvalue weighted by Crippen LogP contribution is 2.22. The summed E-state index contributed by atoms with van der Waals surface area (Å²) in [7, 11) is 0. The smallest absolute Gasteiger partial charge is 0.138 e. The van der Waals surface area contributed by atoms with E-state index in [2.05, 4.69) is 27.2 Å². The molecule has 1 N–H and O–H groups in total. The van der Waals surface area contributed by atoms with E-state index in [0.29, 0.717) is 6.61 Å². The van der Waals surface area contributed by atoms with Gasteiger partial charge >= 0.3 is 0 Å². The second-order valence-corrected chi connectivity index (χ2v) is 4.08. The van der Waals surface area contributed by atoms with Crippen LogP contribution in [0.25, 0.3) is 11.3 Å². The summed E-state index contributed by atoms with van der Waals surface area (Å²) in [5.41, 5.74) is 1.76. The molecule has 0 aromatic carbocycles. The minimum absolute atomic E-state index is 0.692. The topological polar surface area (TPSA) is 59.9 Å². The molecule has 0 aliphatic carbocycles. The lowest BCUT2D eigenvalue weighted by atomic mass is 10.2. The molecular formula is C14H18N4O. The maximum absolute atomic E-state index is 5.57. The van der Waals surface area contributed by atoms with Crippen LogP contribution in [0.15, 0.2) is 30.9 Å². The molecule has 0 unspecified atom stereocenters. The van der Waals surface area contributed by atoms with E-state index in [9.17, 15) is 0 Å². The first-order valence-electron chi connectivity index (χ1n) is 6.47. The van der Waals surface area contributed by atoms with Crippen LogP contribution in [0.1, 0.15) is 20.3 Å². The Hall–Kier alpha value is -2.17. The first-order chi connectivity index (χ1) is 9.33. The summed E-state index contributed by atoms with van der Waals surface area (Å²) in [6.45, 7) is 5.62. The van der Waals surface area contributed by atoms with Gasteiger partial charge in [-0.25, -0.2) is 9.97 Å². The average Bonchev–Trinajstić information content (AvgIpc) is 2.46. The molecule has 0 bridgehead atoms. The van der Waals surface area contributed by atoms with Gasteiger partial charge in [0, 0.05) is 24.4 Å². The van der Waals surface area contributed by atoms with Gasteiger partial charge in [0.1, 0.15) is 17.9 Å². The minimum Gasteiger partial charge on any atom is -0.492 e. The maximum atomic E-state index is 5.57. The fourth-order valence-electron chi connectivity index (χ4n) is 1.65. The molecule has 0 radical (unpaired) electrons. The Kier molecular flexibility index (Phi) is 4.66. The van der Waals surface area contributed by atoms with Gasteiger partial charge in [-0.2, -0.15) is 0 Å². The van der Waals surface area contributed by atoms with Crippen molar-refractivity contribution in [2.45, 2.75) is 20.3 Å². The quantitative estimate of drug-likeness (QED) is 0.863. The largest absolute Gasteiger partial charge is 0.492 e. The molecule has 0 amide bonds. The van der Waals surface area contributed by atoms with Crippen molar-refractivity contribution in [3.63, 3.8) is 0 Å². The molecular weight excluding hydrogens is 240 g/mol. The van der Waals surface area contributed by atoms with E-state index in [1.54, 1.807) is 18.7 Å². The van der Waals surface area contributed by atoms with Gasteiger partial charge < -0.3 is 10.1 Å². The van der Waals surface area contributed by atoms with Crippen LogP contribution >= 0.6 is 0 Å². The number of hydrogen-bond acceptors (Lipinski definition) is 5. The van der Waals surface area contributed by atoms with Crippen molar-refractivity contribution in [3.8, 4) is 17.0 Å². The molecule has 19 heavy (non-hydrogen) atoms. The molecule has 2 rings (SSSR count). The molecule has 0 aliphatic heterocycles. The number of hydrogen-bond donors (Lipinski definition) is 1. The van der Waals surface area contributed by atoms with Gasteiger partial charge in [-0.05, 0) is 19.4 Å². The number of rotatable bonds is 6. The van der Waals surface area contributed by atoms with Crippen LogP contribution in [-0.4, -0.2) is 28.1 Å².